The molecule has 13 heavy (non-hydrogen) atoms. The van der Waals surface area contributed by atoms with Crippen molar-refractivity contribution in [3.8, 4) is 0 Å². The molecule has 0 saturated carbocycles. The van der Waals surface area contributed by atoms with Crippen LogP contribution in [0, 0.1) is 0 Å². The van der Waals surface area contributed by atoms with Gasteiger partial charge >= 0.3 is 6.03 Å². The Bertz CT molecular complexity index is 251. The number of rotatable bonds is 6. The van der Waals surface area contributed by atoms with Crippen LogP contribution in [0.4, 0.5) is 4.79 Å². The quantitative estimate of drug-likeness (QED) is 0.398. The van der Waals surface area contributed by atoms with E-state index in [-0.39, 0.29) is 5.75 Å². The first-order chi connectivity index (χ1) is 5.98. The summed E-state index contributed by atoms with van der Waals surface area (Å²) in [6, 6.07) is -0.843. The fourth-order valence-electron chi connectivity index (χ4n) is 0.675. The van der Waals surface area contributed by atoms with Crippen molar-refractivity contribution in [2.24, 2.45) is 5.73 Å². The van der Waals surface area contributed by atoms with E-state index in [4.69, 9.17) is 5.73 Å². The number of primary amides is 1. The van der Waals surface area contributed by atoms with E-state index < -0.39 is 14.9 Å². The third-order valence-electron chi connectivity index (χ3n) is 1.27. The second kappa shape index (κ2) is 6.09. The number of carbonyl (C=O) groups is 1. The van der Waals surface area contributed by atoms with Crippen LogP contribution < -0.4 is 10.5 Å². The third-order valence-corrected chi connectivity index (χ3v) is 4.11. The summed E-state index contributed by atoms with van der Waals surface area (Å²) >= 11 is 0. The molecule has 0 aliphatic rings. The largest absolute Gasteiger partial charge is 0.351 e. The van der Waals surface area contributed by atoms with E-state index in [2.05, 4.69) is 0 Å². The molecule has 0 aromatic carbocycles. The van der Waals surface area contributed by atoms with Crippen LogP contribution in [0.2, 0.25) is 0 Å². The van der Waals surface area contributed by atoms with Gasteiger partial charge in [0.05, 0.1) is 16.7 Å². The lowest BCUT2D eigenvalue weighted by Gasteiger charge is -2.01. The summed E-state index contributed by atoms with van der Waals surface area (Å²) in [5.74, 6) is 0.0752. The van der Waals surface area contributed by atoms with Crippen molar-refractivity contribution >= 4 is 25.9 Å². The minimum Gasteiger partial charge on any atom is -0.351 e. The molecule has 7 heteroatoms. The second-order valence-electron chi connectivity index (χ2n) is 2.52. The van der Waals surface area contributed by atoms with Crippen LogP contribution in [0.15, 0.2) is 0 Å². The van der Waals surface area contributed by atoms with Crippen LogP contribution in [0.3, 0.4) is 0 Å². The molecule has 5 nitrogen and oxygen atoms in total. The van der Waals surface area contributed by atoms with Gasteiger partial charge in [0.2, 0.25) is 8.87 Å². The second-order valence-corrected chi connectivity index (χ2v) is 6.44. The van der Waals surface area contributed by atoms with Crippen LogP contribution in [-0.2, 0) is 8.87 Å². The van der Waals surface area contributed by atoms with Gasteiger partial charge in [-0.15, -0.1) is 0 Å². The average Bonchev–Trinajstić information content (AvgIpc) is 2.02. The van der Waals surface area contributed by atoms with Crippen molar-refractivity contribution in [1.29, 1.82) is 0 Å². The van der Waals surface area contributed by atoms with E-state index in [1.54, 1.807) is 0 Å². The molecule has 0 fully saturated rings. The molecular formula is C6H14N2O3S2. The number of hydrogen-bond acceptors (Lipinski definition) is 4. The Labute approximate surface area is 81.9 Å². The summed E-state index contributed by atoms with van der Waals surface area (Å²) in [6.45, 7) is 1.99. The predicted octanol–water partition coefficient (Wildman–Crippen LogP) is 0.823. The van der Waals surface area contributed by atoms with Gasteiger partial charge in [-0.3, -0.25) is 4.72 Å². The van der Waals surface area contributed by atoms with Crippen molar-refractivity contribution in [3.63, 3.8) is 0 Å². The summed E-state index contributed by atoms with van der Waals surface area (Å²) in [5, 5.41) is 0. The molecule has 0 spiro atoms. The predicted molar refractivity (Wildman–Crippen MR) is 53.6 cm³/mol. The number of nitrogens with one attached hydrogen (secondary N) is 1. The molecule has 0 rings (SSSR count). The highest BCUT2D eigenvalue weighted by atomic mass is 33.1. The maximum atomic E-state index is 11.1. The van der Waals surface area contributed by atoms with Gasteiger partial charge in [0.25, 0.3) is 0 Å². The summed E-state index contributed by atoms with van der Waals surface area (Å²) in [6.07, 6.45) is 2.45. The van der Waals surface area contributed by atoms with E-state index in [0.717, 1.165) is 12.8 Å². The Morgan fingerprint density at radius 3 is 2.54 bits per heavy atom. The number of amides is 2. The molecular weight excluding hydrogens is 212 g/mol. The lowest BCUT2D eigenvalue weighted by Crippen LogP contribution is -2.25. The number of unbranched alkanes of at least 4 members (excludes halogenated alkanes) is 2. The molecule has 3 N–H and O–H groups in total. The van der Waals surface area contributed by atoms with E-state index in [1.807, 2.05) is 11.6 Å². The number of nitrogens with two attached hydrogens (primary N) is 1. The van der Waals surface area contributed by atoms with Gasteiger partial charge in [-0.05, 0) is 6.42 Å². The first-order valence-corrected chi connectivity index (χ1v) is 6.93. The minimum atomic E-state index is -3.24. The van der Waals surface area contributed by atoms with E-state index >= 15 is 0 Å². The maximum Gasteiger partial charge on any atom is 0.322 e. The molecule has 2 amide bonds. The van der Waals surface area contributed by atoms with Gasteiger partial charge in [0.1, 0.15) is 0 Å². The van der Waals surface area contributed by atoms with Crippen molar-refractivity contribution in [2.45, 2.75) is 26.2 Å². The van der Waals surface area contributed by atoms with Crippen LogP contribution in [0.25, 0.3) is 0 Å². The molecule has 0 unspecified atom stereocenters. The standard InChI is InChI=1S/C6H14N2O3S2/c1-2-3-4-5-13(10,11)12-8-6(7)9/h2-5H2,1H3,(H3,7,8,9). The topological polar surface area (TPSA) is 89.3 Å². The molecule has 0 saturated heterocycles. The molecule has 0 atom stereocenters. The molecule has 0 aliphatic carbocycles. The average molecular weight is 226 g/mol. The number of hydrogen-bond donors (Lipinski definition) is 2. The van der Waals surface area contributed by atoms with E-state index in [9.17, 15) is 13.2 Å². The van der Waals surface area contributed by atoms with Crippen LogP contribution in [0.5, 0.6) is 0 Å². The summed E-state index contributed by atoms with van der Waals surface area (Å²) in [4.78, 5) is 10.2. The Morgan fingerprint density at radius 1 is 1.46 bits per heavy atom. The zero-order chi connectivity index (χ0) is 10.3. The van der Waals surface area contributed by atoms with E-state index in [1.165, 1.54) is 0 Å². The lowest BCUT2D eigenvalue weighted by molar-refractivity contribution is 0.254. The SMILES string of the molecule is CCCCCS(=O)(=O)SNC(N)=O. The molecule has 0 heterocycles. The highest BCUT2D eigenvalue weighted by Crippen LogP contribution is 2.10. The first kappa shape index (κ1) is 12.6. The fourth-order valence-corrected chi connectivity index (χ4v) is 2.76. The summed E-state index contributed by atoms with van der Waals surface area (Å²) in [7, 11) is -2.86. The van der Waals surface area contributed by atoms with Gasteiger partial charge in [0.15, 0.2) is 0 Å². The zero-order valence-corrected chi connectivity index (χ0v) is 9.08. The zero-order valence-electron chi connectivity index (χ0n) is 7.45. The monoisotopic (exact) mass is 226 g/mol. The molecule has 0 aromatic rings. The first-order valence-electron chi connectivity index (χ1n) is 3.94. The van der Waals surface area contributed by atoms with Gasteiger partial charge in [0, 0.05) is 0 Å². The fraction of sp³-hybridized carbons (Fsp3) is 0.833. The third kappa shape index (κ3) is 7.92. The van der Waals surface area contributed by atoms with Crippen LogP contribution in [-0.4, -0.2) is 20.2 Å². The highest BCUT2D eigenvalue weighted by Gasteiger charge is 2.11. The van der Waals surface area contributed by atoms with Crippen molar-refractivity contribution < 1.29 is 13.2 Å². The van der Waals surface area contributed by atoms with Gasteiger partial charge in [-0.25, -0.2) is 13.2 Å². The van der Waals surface area contributed by atoms with Crippen molar-refractivity contribution in [2.75, 3.05) is 5.75 Å². The Morgan fingerprint density at radius 2 is 2.08 bits per heavy atom. The van der Waals surface area contributed by atoms with Crippen molar-refractivity contribution in [3.05, 3.63) is 0 Å². The lowest BCUT2D eigenvalue weighted by atomic mass is 10.3. The Balaban J connectivity index is 3.74. The smallest absolute Gasteiger partial charge is 0.322 e. The summed E-state index contributed by atoms with van der Waals surface area (Å²) in [5.41, 5.74) is 4.72. The summed E-state index contributed by atoms with van der Waals surface area (Å²) < 4.78 is 24.2. The normalized spacial score (nSPS) is 11.2. The maximum absolute atomic E-state index is 11.1. The number of urea groups is 1. The molecule has 0 aliphatic heterocycles. The minimum absolute atomic E-state index is 0.0752. The van der Waals surface area contributed by atoms with Crippen LogP contribution >= 0.6 is 11.0 Å². The van der Waals surface area contributed by atoms with Crippen LogP contribution in [0.1, 0.15) is 26.2 Å². The van der Waals surface area contributed by atoms with Gasteiger partial charge in [-0.1, -0.05) is 19.8 Å². The van der Waals surface area contributed by atoms with Gasteiger partial charge < -0.3 is 5.73 Å². The van der Waals surface area contributed by atoms with Gasteiger partial charge in [-0.2, -0.15) is 0 Å². The number of carbonyl (C=O) groups excluding carboxylic acids is 1. The molecule has 0 aromatic heterocycles. The molecule has 0 bridgehead atoms. The molecule has 78 valence electrons. The molecule has 0 radical (unpaired) electrons. The van der Waals surface area contributed by atoms with E-state index in [0.29, 0.717) is 17.4 Å². The highest BCUT2D eigenvalue weighted by molar-refractivity contribution is 8.71. The Hall–Kier alpha value is -0.430. The van der Waals surface area contributed by atoms with Crippen molar-refractivity contribution in [1.82, 2.24) is 4.72 Å². The Kier molecular flexibility index (Phi) is 5.89.